The quantitative estimate of drug-likeness (QED) is 0.927. The SMILES string of the molecule is CNC(c1cc(C)cc(F)c1)c1ccc2c(c1)CC(C)O2. The van der Waals surface area contributed by atoms with Gasteiger partial charge in [0.2, 0.25) is 0 Å². The number of fused-ring (bicyclic) bond motifs is 1. The smallest absolute Gasteiger partial charge is 0.123 e. The Morgan fingerprint density at radius 3 is 2.71 bits per heavy atom. The molecular formula is C18H20FNO. The molecule has 2 aromatic rings. The van der Waals surface area contributed by atoms with Crippen molar-refractivity contribution < 1.29 is 9.13 Å². The van der Waals surface area contributed by atoms with Gasteiger partial charge in [-0.1, -0.05) is 18.2 Å². The lowest BCUT2D eigenvalue weighted by atomic mass is 9.95. The van der Waals surface area contributed by atoms with Crippen LogP contribution in [-0.2, 0) is 6.42 Å². The molecule has 110 valence electrons. The van der Waals surface area contributed by atoms with E-state index in [1.807, 2.05) is 26.1 Å². The van der Waals surface area contributed by atoms with E-state index in [0.29, 0.717) is 0 Å². The number of ether oxygens (including phenoxy) is 1. The highest BCUT2D eigenvalue weighted by Gasteiger charge is 2.21. The summed E-state index contributed by atoms with van der Waals surface area (Å²) in [7, 11) is 1.90. The molecule has 0 saturated heterocycles. The van der Waals surface area contributed by atoms with Gasteiger partial charge in [-0.2, -0.15) is 0 Å². The molecule has 1 N–H and O–H groups in total. The first-order valence-corrected chi connectivity index (χ1v) is 7.30. The van der Waals surface area contributed by atoms with Gasteiger partial charge in [-0.25, -0.2) is 4.39 Å². The summed E-state index contributed by atoms with van der Waals surface area (Å²) >= 11 is 0. The van der Waals surface area contributed by atoms with Crippen LogP contribution in [0, 0.1) is 12.7 Å². The zero-order valence-electron chi connectivity index (χ0n) is 12.6. The minimum atomic E-state index is -0.191. The van der Waals surface area contributed by atoms with Gasteiger partial charge in [0.1, 0.15) is 17.7 Å². The van der Waals surface area contributed by atoms with E-state index in [2.05, 4.69) is 24.4 Å². The molecule has 0 saturated carbocycles. The molecule has 1 heterocycles. The Balaban J connectivity index is 1.99. The van der Waals surface area contributed by atoms with Gasteiger partial charge < -0.3 is 10.1 Å². The van der Waals surface area contributed by atoms with Crippen LogP contribution in [0.1, 0.15) is 35.2 Å². The predicted molar refractivity (Wildman–Crippen MR) is 82.3 cm³/mol. The second-order valence-corrected chi connectivity index (χ2v) is 5.78. The topological polar surface area (TPSA) is 21.3 Å². The third-order valence-corrected chi connectivity index (χ3v) is 3.94. The standard InChI is InChI=1S/C18H20FNO/c1-11-6-15(10-16(19)7-11)18(20-3)13-4-5-17-14(9-13)8-12(2)21-17/h4-7,9-10,12,18,20H,8H2,1-3H3. The fourth-order valence-electron chi connectivity index (χ4n) is 3.08. The zero-order chi connectivity index (χ0) is 15.0. The lowest BCUT2D eigenvalue weighted by Gasteiger charge is -2.18. The molecule has 0 fully saturated rings. The average molecular weight is 285 g/mol. The summed E-state index contributed by atoms with van der Waals surface area (Å²) in [5, 5.41) is 3.28. The van der Waals surface area contributed by atoms with Crippen molar-refractivity contribution in [1.82, 2.24) is 5.32 Å². The summed E-state index contributed by atoms with van der Waals surface area (Å²) in [6.07, 6.45) is 1.17. The molecule has 0 amide bonds. The number of hydrogen-bond donors (Lipinski definition) is 1. The second kappa shape index (κ2) is 5.49. The van der Waals surface area contributed by atoms with Gasteiger partial charge >= 0.3 is 0 Å². The fourth-order valence-corrected chi connectivity index (χ4v) is 3.08. The van der Waals surface area contributed by atoms with Gasteiger partial charge in [-0.3, -0.25) is 0 Å². The van der Waals surface area contributed by atoms with Crippen molar-refractivity contribution in [3.8, 4) is 5.75 Å². The maximum Gasteiger partial charge on any atom is 0.123 e. The number of benzene rings is 2. The summed E-state index contributed by atoms with van der Waals surface area (Å²) in [5.41, 5.74) is 4.25. The molecule has 1 aliphatic heterocycles. The van der Waals surface area contributed by atoms with Crippen LogP contribution in [0.25, 0.3) is 0 Å². The van der Waals surface area contributed by atoms with E-state index in [1.165, 1.54) is 5.56 Å². The predicted octanol–water partition coefficient (Wildman–Crippen LogP) is 3.77. The van der Waals surface area contributed by atoms with Crippen molar-refractivity contribution in [1.29, 1.82) is 0 Å². The lowest BCUT2D eigenvalue weighted by molar-refractivity contribution is 0.254. The van der Waals surface area contributed by atoms with Crippen molar-refractivity contribution in [2.24, 2.45) is 0 Å². The Hall–Kier alpha value is -1.87. The molecule has 2 unspecified atom stereocenters. The van der Waals surface area contributed by atoms with Gasteiger partial charge in [0.15, 0.2) is 0 Å². The van der Waals surface area contributed by atoms with Crippen molar-refractivity contribution >= 4 is 0 Å². The lowest BCUT2D eigenvalue weighted by Crippen LogP contribution is -2.18. The highest BCUT2D eigenvalue weighted by atomic mass is 19.1. The Bertz CT molecular complexity index is 648. The van der Waals surface area contributed by atoms with E-state index in [4.69, 9.17) is 4.74 Å². The van der Waals surface area contributed by atoms with E-state index in [-0.39, 0.29) is 18.0 Å². The highest BCUT2D eigenvalue weighted by Crippen LogP contribution is 2.33. The molecule has 2 aromatic carbocycles. The number of nitrogens with one attached hydrogen (secondary N) is 1. The van der Waals surface area contributed by atoms with Crippen LogP contribution in [0.15, 0.2) is 36.4 Å². The molecular weight excluding hydrogens is 265 g/mol. The van der Waals surface area contributed by atoms with Gasteiger partial charge in [0.25, 0.3) is 0 Å². The third-order valence-electron chi connectivity index (χ3n) is 3.94. The van der Waals surface area contributed by atoms with E-state index < -0.39 is 0 Å². The molecule has 3 heteroatoms. The van der Waals surface area contributed by atoms with Crippen molar-refractivity contribution in [2.45, 2.75) is 32.4 Å². The summed E-state index contributed by atoms with van der Waals surface area (Å²) in [4.78, 5) is 0. The maximum absolute atomic E-state index is 13.7. The summed E-state index contributed by atoms with van der Waals surface area (Å²) < 4.78 is 19.4. The Labute approximate surface area is 125 Å². The molecule has 3 rings (SSSR count). The molecule has 2 nitrogen and oxygen atoms in total. The van der Waals surface area contributed by atoms with Crippen LogP contribution < -0.4 is 10.1 Å². The van der Waals surface area contributed by atoms with Crippen molar-refractivity contribution in [2.75, 3.05) is 7.05 Å². The second-order valence-electron chi connectivity index (χ2n) is 5.78. The first-order valence-electron chi connectivity index (χ1n) is 7.30. The van der Waals surface area contributed by atoms with Crippen molar-refractivity contribution in [3.63, 3.8) is 0 Å². The fraction of sp³-hybridized carbons (Fsp3) is 0.333. The van der Waals surface area contributed by atoms with Gasteiger partial charge in [-0.05, 0) is 61.3 Å². The first kappa shape index (κ1) is 14.1. The Morgan fingerprint density at radius 1 is 1.19 bits per heavy atom. The zero-order valence-corrected chi connectivity index (χ0v) is 12.6. The van der Waals surface area contributed by atoms with E-state index in [9.17, 15) is 4.39 Å². The van der Waals surface area contributed by atoms with Crippen molar-refractivity contribution in [3.05, 3.63) is 64.5 Å². The van der Waals surface area contributed by atoms with E-state index in [0.717, 1.165) is 28.9 Å². The highest BCUT2D eigenvalue weighted by molar-refractivity contribution is 5.44. The molecule has 0 aromatic heterocycles. The summed E-state index contributed by atoms with van der Waals surface area (Å²) in [5.74, 6) is 0.778. The minimum absolute atomic E-state index is 0.0133. The van der Waals surface area contributed by atoms with Gasteiger partial charge in [-0.15, -0.1) is 0 Å². The van der Waals surface area contributed by atoms with Crippen LogP contribution in [0.4, 0.5) is 4.39 Å². The van der Waals surface area contributed by atoms with Gasteiger partial charge in [0.05, 0.1) is 6.04 Å². The minimum Gasteiger partial charge on any atom is -0.490 e. The monoisotopic (exact) mass is 285 g/mol. The Kier molecular flexibility index (Phi) is 3.68. The Morgan fingerprint density at radius 2 is 2.00 bits per heavy atom. The molecule has 2 atom stereocenters. The number of halogens is 1. The molecule has 0 spiro atoms. The average Bonchev–Trinajstić information content (AvgIpc) is 2.78. The molecule has 0 aliphatic carbocycles. The molecule has 21 heavy (non-hydrogen) atoms. The van der Waals surface area contributed by atoms with Crippen LogP contribution >= 0.6 is 0 Å². The van der Waals surface area contributed by atoms with Crippen LogP contribution in [0.3, 0.4) is 0 Å². The molecule has 0 bridgehead atoms. The van der Waals surface area contributed by atoms with Crippen LogP contribution in [-0.4, -0.2) is 13.2 Å². The number of rotatable bonds is 3. The third kappa shape index (κ3) is 2.79. The maximum atomic E-state index is 13.7. The number of aryl methyl sites for hydroxylation is 1. The molecule has 0 radical (unpaired) electrons. The summed E-state index contributed by atoms with van der Waals surface area (Å²) in [6.45, 7) is 3.99. The normalized spacial score (nSPS) is 18.2. The number of hydrogen-bond acceptors (Lipinski definition) is 2. The first-order chi connectivity index (χ1) is 10.1. The van der Waals surface area contributed by atoms with Crippen LogP contribution in [0.2, 0.25) is 0 Å². The van der Waals surface area contributed by atoms with E-state index >= 15 is 0 Å². The molecule has 1 aliphatic rings. The van der Waals surface area contributed by atoms with Gasteiger partial charge in [0, 0.05) is 6.42 Å². The largest absolute Gasteiger partial charge is 0.490 e. The van der Waals surface area contributed by atoms with E-state index in [1.54, 1.807) is 12.1 Å². The van der Waals surface area contributed by atoms with Crippen LogP contribution in [0.5, 0.6) is 5.75 Å². The summed E-state index contributed by atoms with van der Waals surface area (Å²) in [6, 6.07) is 11.4.